The number of anilines is 1. The minimum atomic E-state index is 0.550. The van der Waals surface area contributed by atoms with E-state index in [1.807, 2.05) is 0 Å². The fourth-order valence-electron chi connectivity index (χ4n) is 1.56. The fourth-order valence-corrected chi connectivity index (χ4v) is 1.94. The van der Waals surface area contributed by atoms with Gasteiger partial charge in [-0.2, -0.15) is 0 Å². The summed E-state index contributed by atoms with van der Waals surface area (Å²) in [4.78, 5) is 4.25. The van der Waals surface area contributed by atoms with Crippen molar-refractivity contribution < 1.29 is 0 Å². The van der Waals surface area contributed by atoms with Gasteiger partial charge in [0.1, 0.15) is 11.5 Å². The number of halogens is 2. The molecule has 5 heteroatoms. The van der Waals surface area contributed by atoms with Crippen LogP contribution >= 0.6 is 23.2 Å². The van der Waals surface area contributed by atoms with E-state index in [1.165, 1.54) is 0 Å². The third-order valence-electron chi connectivity index (χ3n) is 2.39. The number of nitrogen functional groups attached to an aromatic ring is 1. The minimum Gasteiger partial charge on any atom is -0.383 e. The first kappa shape index (κ1) is 12.0. The van der Waals surface area contributed by atoms with Gasteiger partial charge < -0.3 is 10.3 Å². The quantitative estimate of drug-likeness (QED) is 0.864. The Morgan fingerprint density at radius 2 is 2.18 bits per heavy atom. The van der Waals surface area contributed by atoms with Crippen molar-refractivity contribution in [2.75, 3.05) is 5.73 Å². The number of aromatic nitrogens is 2. The number of hydrogen-bond acceptors (Lipinski definition) is 2. The SMILES string of the molecule is C=CCn1cnc(-c2cc(Cl)ccc2Cl)c1N. The van der Waals surface area contributed by atoms with Crippen LogP contribution in [0.2, 0.25) is 10.0 Å². The van der Waals surface area contributed by atoms with Gasteiger partial charge in [-0.3, -0.25) is 0 Å². The van der Waals surface area contributed by atoms with Crippen molar-refractivity contribution in [3.8, 4) is 11.3 Å². The molecule has 0 atom stereocenters. The normalized spacial score (nSPS) is 10.5. The van der Waals surface area contributed by atoms with E-state index in [0.717, 1.165) is 5.56 Å². The molecule has 17 heavy (non-hydrogen) atoms. The Morgan fingerprint density at radius 1 is 1.41 bits per heavy atom. The van der Waals surface area contributed by atoms with Gasteiger partial charge in [-0.05, 0) is 18.2 Å². The lowest BCUT2D eigenvalue weighted by molar-refractivity contribution is 0.833. The molecule has 0 aliphatic rings. The molecule has 0 amide bonds. The van der Waals surface area contributed by atoms with Crippen molar-refractivity contribution in [2.45, 2.75) is 6.54 Å². The average Bonchev–Trinajstić information content (AvgIpc) is 2.65. The predicted molar refractivity (Wildman–Crippen MR) is 72.3 cm³/mol. The zero-order valence-electron chi connectivity index (χ0n) is 9.03. The number of imidazole rings is 1. The highest BCUT2D eigenvalue weighted by atomic mass is 35.5. The number of allylic oxidation sites excluding steroid dienone is 1. The largest absolute Gasteiger partial charge is 0.383 e. The van der Waals surface area contributed by atoms with Crippen molar-refractivity contribution in [1.29, 1.82) is 0 Å². The highest BCUT2D eigenvalue weighted by Crippen LogP contribution is 2.32. The smallest absolute Gasteiger partial charge is 0.131 e. The van der Waals surface area contributed by atoms with Gasteiger partial charge in [0.05, 0.1) is 11.3 Å². The number of hydrogen-bond donors (Lipinski definition) is 1. The van der Waals surface area contributed by atoms with Crippen LogP contribution in [0.1, 0.15) is 0 Å². The number of rotatable bonds is 3. The molecule has 0 fully saturated rings. The van der Waals surface area contributed by atoms with Gasteiger partial charge in [-0.15, -0.1) is 6.58 Å². The van der Waals surface area contributed by atoms with E-state index >= 15 is 0 Å². The van der Waals surface area contributed by atoms with Gasteiger partial charge in [0.15, 0.2) is 0 Å². The Bertz CT molecular complexity index is 561. The second-order valence-corrected chi connectivity index (χ2v) is 4.39. The summed E-state index contributed by atoms with van der Waals surface area (Å²) in [5.74, 6) is 0.550. The van der Waals surface area contributed by atoms with Crippen molar-refractivity contribution >= 4 is 29.0 Å². The molecule has 0 spiro atoms. The molecule has 88 valence electrons. The van der Waals surface area contributed by atoms with E-state index in [4.69, 9.17) is 28.9 Å². The molecule has 0 saturated carbocycles. The summed E-state index contributed by atoms with van der Waals surface area (Å²) in [5.41, 5.74) is 7.37. The monoisotopic (exact) mass is 267 g/mol. The van der Waals surface area contributed by atoms with Crippen LogP contribution in [-0.2, 0) is 6.54 Å². The third-order valence-corrected chi connectivity index (χ3v) is 2.95. The van der Waals surface area contributed by atoms with Crippen LogP contribution in [0.25, 0.3) is 11.3 Å². The van der Waals surface area contributed by atoms with Crippen LogP contribution < -0.4 is 5.73 Å². The van der Waals surface area contributed by atoms with Crippen LogP contribution in [0.4, 0.5) is 5.82 Å². The Kier molecular flexibility index (Phi) is 3.41. The topological polar surface area (TPSA) is 43.8 Å². The van der Waals surface area contributed by atoms with Crippen LogP contribution in [0.5, 0.6) is 0 Å². The molecule has 0 unspecified atom stereocenters. The summed E-state index contributed by atoms with van der Waals surface area (Å²) in [7, 11) is 0. The third kappa shape index (κ3) is 2.30. The summed E-state index contributed by atoms with van der Waals surface area (Å²) in [6.07, 6.45) is 3.41. The molecule has 0 bridgehead atoms. The van der Waals surface area contributed by atoms with Crippen LogP contribution in [0.15, 0.2) is 37.2 Å². The van der Waals surface area contributed by atoms with E-state index in [1.54, 1.807) is 35.2 Å². The average molecular weight is 268 g/mol. The second-order valence-electron chi connectivity index (χ2n) is 3.54. The number of nitrogens with two attached hydrogens (primary N) is 1. The van der Waals surface area contributed by atoms with E-state index in [9.17, 15) is 0 Å². The zero-order valence-corrected chi connectivity index (χ0v) is 10.5. The molecular formula is C12H11Cl2N3. The molecule has 1 heterocycles. The maximum Gasteiger partial charge on any atom is 0.131 e. The van der Waals surface area contributed by atoms with E-state index in [2.05, 4.69) is 11.6 Å². The molecule has 0 aliphatic carbocycles. The van der Waals surface area contributed by atoms with Gasteiger partial charge in [0, 0.05) is 17.1 Å². The second kappa shape index (κ2) is 4.82. The van der Waals surface area contributed by atoms with Crippen molar-refractivity contribution in [2.24, 2.45) is 0 Å². The standard InChI is InChI=1S/C12H11Cl2N3/c1-2-5-17-7-16-11(12(17)15)9-6-8(13)3-4-10(9)14/h2-4,6-7H,1,5,15H2. The van der Waals surface area contributed by atoms with Gasteiger partial charge in [0.2, 0.25) is 0 Å². The molecule has 0 radical (unpaired) electrons. The first-order chi connectivity index (χ1) is 8.13. The summed E-state index contributed by atoms with van der Waals surface area (Å²) in [6, 6.07) is 5.20. The predicted octanol–water partition coefficient (Wildman–Crippen LogP) is 3.63. The molecule has 2 aromatic rings. The van der Waals surface area contributed by atoms with Gasteiger partial charge in [-0.25, -0.2) is 4.98 Å². The fraction of sp³-hybridized carbons (Fsp3) is 0.0833. The summed E-state index contributed by atoms with van der Waals surface area (Å²) >= 11 is 12.0. The maximum atomic E-state index is 6.11. The molecule has 0 saturated heterocycles. The molecule has 2 rings (SSSR count). The van der Waals surface area contributed by atoms with Gasteiger partial charge >= 0.3 is 0 Å². The summed E-state index contributed by atoms with van der Waals surface area (Å²) in [6.45, 7) is 4.27. The summed E-state index contributed by atoms with van der Waals surface area (Å²) < 4.78 is 1.79. The zero-order chi connectivity index (χ0) is 12.4. The van der Waals surface area contributed by atoms with E-state index in [0.29, 0.717) is 28.1 Å². The Morgan fingerprint density at radius 3 is 2.88 bits per heavy atom. The van der Waals surface area contributed by atoms with Crippen LogP contribution in [-0.4, -0.2) is 9.55 Å². The van der Waals surface area contributed by atoms with Crippen molar-refractivity contribution in [1.82, 2.24) is 9.55 Å². The Balaban J connectivity index is 2.53. The summed E-state index contributed by atoms with van der Waals surface area (Å²) in [5, 5.41) is 1.17. The van der Waals surface area contributed by atoms with Crippen LogP contribution in [0, 0.1) is 0 Å². The molecular weight excluding hydrogens is 257 g/mol. The highest BCUT2D eigenvalue weighted by molar-refractivity contribution is 6.35. The molecule has 1 aromatic carbocycles. The van der Waals surface area contributed by atoms with Crippen molar-refractivity contribution in [3.05, 3.63) is 47.2 Å². The Hall–Kier alpha value is -1.45. The minimum absolute atomic E-state index is 0.550. The van der Waals surface area contributed by atoms with Gasteiger partial charge in [-0.1, -0.05) is 29.3 Å². The molecule has 3 nitrogen and oxygen atoms in total. The van der Waals surface area contributed by atoms with Crippen molar-refractivity contribution in [3.63, 3.8) is 0 Å². The lowest BCUT2D eigenvalue weighted by atomic mass is 10.1. The van der Waals surface area contributed by atoms with Crippen LogP contribution in [0.3, 0.4) is 0 Å². The van der Waals surface area contributed by atoms with E-state index < -0.39 is 0 Å². The highest BCUT2D eigenvalue weighted by Gasteiger charge is 2.12. The van der Waals surface area contributed by atoms with Gasteiger partial charge in [0.25, 0.3) is 0 Å². The first-order valence-electron chi connectivity index (χ1n) is 5.00. The number of benzene rings is 1. The lowest BCUT2D eigenvalue weighted by Crippen LogP contribution is -2.00. The van der Waals surface area contributed by atoms with E-state index in [-0.39, 0.29) is 0 Å². The first-order valence-corrected chi connectivity index (χ1v) is 5.76. The number of nitrogens with zero attached hydrogens (tertiary/aromatic N) is 2. The molecule has 0 aliphatic heterocycles. The molecule has 2 N–H and O–H groups in total. The lowest BCUT2D eigenvalue weighted by Gasteiger charge is -2.05. The Labute approximate surface area is 109 Å². The maximum absolute atomic E-state index is 6.11. The molecule has 1 aromatic heterocycles.